The van der Waals surface area contributed by atoms with Crippen molar-refractivity contribution < 1.29 is 23.6 Å². The number of likely N-dealkylation sites (tertiary alicyclic amines) is 1. The monoisotopic (exact) mass is 364 g/mol. The van der Waals surface area contributed by atoms with Gasteiger partial charge in [0.25, 0.3) is 5.91 Å². The van der Waals surface area contributed by atoms with Crippen molar-refractivity contribution in [1.82, 2.24) is 4.90 Å². The third-order valence-corrected chi connectivity index (χ3v) is 4.70. The van der Waals surface area contributed by atoms with Crippen molar-refractivity contribution in [1.29, 1.82) is 0 Å². The first-order valence-electron chi connectivity index (χ1n) is 7.47. The smallest absolute Gasteiger partial charge is 0.334 e. The predicted molar refractivity (Wildman–Crippen MR) is 87.1 cm³/mol. The Morgan fingerprint density at radius 2 is 2.16 bits per heavy atom. The Balaban J connectivity index is 1.80. The molecule has 1 saturated heterocycles. The molecule has 2 heterocycles. The summed E-state index contributed by atoms with van der Waals surface area (Å²) in [5, 5.41) is 12.7. The molecule has 3 rings (SSSR count). The number of rotatable bonds is 4. The largest absolute Gasteiger partial charge is 0.418 e. The molecular weight excluding hydrogens is 351 g/mol. The second kappa shape index (κ2) is 6.98. The lowest BCUT2D eigenvalue weighted by atomic mass is 10.2. The number of thiophene rings is 1. The fraction of sp³-hybridized carbons (Fsp3) is 0.250. The molecule has 0 N–H and O–H groups in total. The number of benzene rings is 1. The van der Waals surface area contributed by atoms with Gasteiger partial charge in [0.05, 0.1) is 9.80 Å². The summed E-state index contributed by atoms with van der Waals surface area (Å²) in [5.41, 5.74) is -0.510. The van der Waals surface area contributed by atoms with Crippen molar-refractivity contribution >= 4 is 28.9 Å². The lowest BCUT2D eigenvalue weighted by Gasteiger charge is -2.22. The zero-order chi connectivity index (χ0) is 18.0. The van der Waals surface area contributed by atoms with E-state index in [1.165, 1.54) is 16.2 Å². The van der Waals surface area contributed by atoms with Gasteiger partial charge in [0, 0.05) is 18.7 Å². The van der Waals surface area contributed by atoms with Gasteiger partial charge in [-0.25, -0.2) is 9.18 Å². The standard InChI is InChI=1S/C16H13FN2O5S/c17-10-5-6-11(19(22)23)13(9-10)24-16(21)12-3-1-7-18(12)15(20)14-4-2-8-25-14/h2,4-6,8-9,12H,1,3,7H2/t12-/m0/s1. The molecule has 25 heavy (non-hydrogen) atoms. The average Bonchev–Trinajstić information content (AvgIpc) is 3.25. The third kappa shape index (κ3) is 3.50. The van der Waals surface area contributed by atoms with E-state index in [4.69, 9.17) is 4.74 Å². The third-order valence-electron chi connectivity index (χ3n) is 3.85. The normalized spacial score (nSPS) is 16.7. The van der Waals surface area contributed by atoms with Crippen molar-refractivity contribution in [3.05, 3.63) is 56.5 Å². The molecule has 0 spiro atoms. The van der Waals surface area contributed by atoms with Crippen LogP contribution in [-0.4, -0.2) is 34.3 Å². The number of esters is 1. The summed E-state index contributed by atoms with van der Waals surface area (Å²) in [6.45, 7) is 0.391. The van der Waals surface area contributed by atoms with Gasteiger partial charge in [0.2, 0.25) is 5.75 Å². The quantitative estimate of drug-likeness (QED) is 0.360. The molecule has 9 heteroatoms. The van der Waals surface area contributed by atoms with Crippen LogP contribution in [0.15, 0.2) is 35.7 Å². The molecule has 7 nitrogen and oxygen atoms in total. The lowest BCUT2D eigenvalue weighted by molar-refractivity contribution is -0.385. The Morgan fingerprint density at radius 1 is 1.36 bits per heavy atom. The minimum atomic E-state index is -0.850. The van der Waals surface area contributed by atoms with Gasteiger partial charge in [0.15, 0.2) is 0 Å². The number of amides is 1. The molecular formula is C16H13FN2O5S. The van der Waals surface area contributed by atoms with Crippen LogP contribution in [0.1, 0.15) is 22.5 Å². The van der Waals surface area contributed by atoms with Crippen molar-refractivity contribution in [2.45, 2.75) is 18.9 Å². The summed E-state index contributed by atoms with van der Waals surface area (Å²) >= 11 is 1.26. The second-order valence-electron chi connectivity index (χ2n) is 5.42. The first-order chi connectivity index (χ1) is 12.0. The number of nitro benzene ring substituents is 1. The zero-order valence-electron chi connectivity index (χ0n) is 12.9. The van der Waals surface area contributed by atoms with Gasteiger partial charge in [0.1, 0.15) is 11.9 Å². The summed E-state index contributed by atoms with van der Waals surface area (Å²) in [6, 6.07) is 5.18. The van der Waals surface area contributed by atoms with E-state index in [0.29, 0.717) is 24.3 Å². The minimum Gasteiger partial charge on any atom is -0.418 e. The number of halogens is 1. The maximum absolute atomic E-state index is 13.4. The maximum atomic E-state index is 13.4. The molecule has 1 aliphatic heterocycles. The highest BCUT2D eigenvalue weighted by atomic mass is 32.1. The number of carbonyl (C=O) groups is 2. The van der Waals surface area contributed by atoms with Gasteiger partial charge in [-0.1, -0.05) is 6.07 Å². The molecule has 1 aliphatic rings. The highest BCUT2D eigenvalue weighted by Crippen LogP contribution is 2.30. The Hall–Kier alpha value is -2.81. The van der Waals surface area contributed by atoms with E-state index in [1.807, 2.05) is 0 Å². The van der Waals surface area contributed by atoms with Crippen LogP contribution in [0.3, 0.4) is 0 Å². The summed E-state index contributed by atoms with van der Waals surface area (Å²) < 4.78 is 18.4. The number of ether oxygens (including phenoxy) is 1. The fourth-order valence-electron chi connectivity index (χ4n) is 2.69. The molecule has 0 unspecified atom stereocenters. The highest BCUT2D eigenvalue weighted by Gasteiger charge is 2.37. The molecule has 130 valence electrons. The molecule has 1 aromatic carbocycles. The van der Waals surface area contributed by atoms with Crippen LogP contribution in [0.5, 0.6) is 5.75 Å². The number of nitro groups is 1. The first-order valence-corrected chi connectivity index (χ1v) is 8.35. The highest BCUT2D eigenvalue weighted by molar-refractivity contribution is 7.12. The van der Waals surface area contributed by atoms with Crippen molar-refractivity contribution in [2.75, 3.05) is 6.54 Å². The van der Waals surface area contributed by atoms with Gasteiger partial charge in [-0.2, -0.15) is 0 Å². The average molecular weight is 364 g/mol. The van der Waals surface area contributed by atoms with Gasteiger partial charge in [-0.3, -0.25) is 14.9 Å². The SMILES string of the molecule is O=C(Oc1cc(F)ccc1[N+](=O)[O-])[C@@H]1CCCN1C(=O)c1cccs1. The Kier molecular flexibility index (Phi) is 4.75. The van der Waals surface area contributed by atoms with Gasteiger partial charge in [-0.05, 0) is 30.4 Å². The topological polar surface area (TPSA) is 89.8 Å². The van der Waals surface area contributed by atoms with Crippen LogP contribution in [0.2, 0.25) is 0 Å². The molecule has 1 fully saturated rings. The second-order valence-corrected chi connectivity index (χ2v) is 6.37. The molecule has 2 aromatic rings. The van der Waals surface area contributed by atoms with Gasteiger partial charge >= 0.3 is 11.7 Å². The van der Waals surface area contributed by atoms with Gasteiger partial charge < -0.3 is 9.64 Å². The summed E-state index contributed by atoms with van der Waals surface area (Å²) in [7, 11) is 0. The lowest BCUT2D eigenvalue weighted by Crippen LogP contribution is -2.42. The Bertz CT molecular complexity index is 824. The first kappa shape index (κ1) is 17.0. The van der Waals surface area contributed by atoms with Crippen LogP contribution >= 0.6 is 11.3 Å². The van der Waals surface area contributed by atoms with Crippen molar-refractivity contribution in [3.63, 3.8) is 0 Å². The van der Waals surface area contributed by atoms with Gasteiger partial charge in [-0.15, -0.1) is 11.3 Å². The van der Waals surface area contributed by atoms with E-state index >= 15 is 0 Å². The number of nitrogens with zero attached hydrogens (tertiary/aromatic N) is 2. The number of hydrogen-bond acceptors (Lipinski definition) is 6. The Morgan fingerprint density at radius 3 is 2.84 bits per heavy atom. The van der Waals surface area contributed by atoms with Crippen LogP contribution in [0.25, 0.3) is 0 Å². The van der Waals surface area contributed by atoms with Crippen LogP contribution < -0.4 is 4.74 Å². The minimum absolute atomic E-state index is 0.289. The van der Waals surface area contributed by atoms with Crippen LogP contribution in [-0.2, 0) is 4.79 Å². The summed E-state index contributed by atoms with van der Waals surface area (Å²) in [4.78, 5) is 37.0. The zero-order valence-corrected chi connectivity index (χ0v) is 13.7. The van der Waals surface area contributed by atoms with Crippen LogP contribution in [0.4, 0.5) is 10.1 Å². The molecule has 0 radical (unpaired) electrons. The van der Waals surface area contributed by atoms with E-state index in [1.54, 1.807) is 17.5 Å². The van der Waals surface area contributed by atoms with E-state index in [-0.39, 0.29) is 5.91 Å². The maximum Gasteiger partial charge on any atom is 0.334 e. The Labute approximate surface area is 145 Å². The van der Waals surface area contributed by atoms with Crippen molar-refractivity contribution in [2.24, 2.45) is 0 Å². The van der Waals surface area contributed by atoms with Crippen LogP contribution in [0, 0.1) is 15.9 Å². The van der Waals surface area contributed by atoms with E-state index < -0.39 is 34.2 Å². The van der Waals surface area contributed by atoms with Crippen molar-refractivity contribution in [3.8, 4) is 5.75 Å². The summed E-state index contributed by atoms with van der Waals surface area (Å²) in [5.74, 6) is -2.32. The number of hydrogen-bond donors (Lipinski definition) is 0. The molecule has 1 atom stereocenters. The summed E-state index contributed by atoms with van der Waals surface area (Å²) in [6.07, 6.45) is 1.00. The molecule has 0 saturated carbocycles. The fourth-order valence-corrected chi connectivity index (χ4v) is 3.37. The molecule has 1 amide bonds. The van der Waals surface area contributed by atoms with E-state index in [0.717, 1.165) is 18.2 Å². The molecule has 0 bridgehead atoms. The molecule has 0 aliphatic carbocycles. The predicted octanol–water partition coefficient (Wildman–Crippen LogP) is 3.01. The van der Waals surface area contributed by atoms with E-state index in [9.17, 15) is 24.1 Å². The number of carbonyl (C=O) groups excluding carboxylic acids is 2. The van der Waals surface area contributed by atoms with E-state index in [2.05, 4.69) is 0 Å². The molecule has 1 aromatic heterocycles.